The molecular weight excluding hydrogens is 539 g/mol. The average Bonchev–Trinajstić information content (AvgIpc) is 3.39. The Morgan fingerprint density at radius 1 is 0.976 bits per heavy atom. The number of alkyl halides is 3. The summed E-state index contributed by atoms with van der Waals surface area (Å²) in [5, 5.41) is 7.31. The second-order valence-corrected chi connectivity index (χ2v) is 8.73. The Morgan fingerprint density at radius 2 is 1.68 bits per heavy atom. The zero-order chi connectivity index (χ0) is 29.0. The summed E-state index contributed by atoms with van der Waals surface area (Å²) < 4.78 is 51.4. The second-order valence-electron chi connectivity index (χ2n) is 8.73. The highest BCUT2D eigenvalue weighted by atomic mass is 19.4. The predicted octanol–water partition coefficient (Wildman–Crippen LogP) is 5.86. The third-order valence-electron chi connectivity index (χ3n) is 5.91. The minimum atomic E-state index is -4.67. The lowest BCUT2D eigenvalue weighted by molar-refractivity contribution is -0.142. The van der Waals surface area contributed by atoms with Crippen molar-refractivity contribution in [3.05, 3.63) is 119 Å². The Balaban J connectivity index is 1.37. The van der Waals surface area contributed by atoms with Gasteiger partial charge < -0.3 is 14.5 Å². The molecule has 2 heterocycles. The topological polar surface area (TPSA) is 103 Å². The normalized spacial score (nSPS) is 11.6. The number of benzene rings is 3. The van der Waals surface area contributed by atoms with Crippen LogP contribution in [0.5, 0.6) is 0 Å². The lowest BCUT2D eigenvalue weighted by Gasteiger charge is -2.13. The molecule has 0 radical (unpaired) electrons. The van der Waals surface area contributed by atoms with Crippen LogP contribution in [0.25, 0.3) is 34.0 Å². The van der Waals surface area contributed by atoms with Gasteiger partial charge in [-0.3, -0.25) is 4.79 Å². The average molecular weight is 560 g/mol. The van der Waals surface area contributed by atoms with Gasteiger partial charge in [-0.2, -0.15) is 18.3 Å². The lowest BCUT2D eigenvalue weighted by atomic mass is 10.1. The fourth-order valence-corrected chi connectivity index (χ4v) is 4.03. The van der Waals surface area contributed by atoms with Crippen molar-refractivity contribution in [1.29, 1.82) is 0 Å². The van der Waals surface area contributed by atoms with E-state index in [2.05, 4.69) is 10.4 Å². The van der Waals surface area contributed by atoms with Gasteiger partial charge in [0.05, 0.1) is 22.5 Å². The monoisotopic (exact) mass is 559 g/mol. The number of para-hydroxylation sites is 3. The minimum Gasteiger partial charge on any atom is -0.452 e. The third kappa shape index (κ3) is 6.25. The molecule has 0 atom stereocenters. The summed E-state index contributed by atoms with van der Waals surface area (Å²) in [5.74, 6) is -1.89. The van der Waals surface area contributed by atoms with Crippen molar-refractivity contribution in [3.8, 4) is 16.9 Å². The van der Waals surface area contributed by atoms with Gasteiger partial charge in [0.1, 0.15) is 11.3 Å². The van der Waals surface area contributed by atoms with E-state index in [-0.39, 0.29) is 11.3 Å². The molecule has 41 heavy (non-hydrogen) atoms. The van der Waals surface area contributed by atoms with Gasteiger partial charge >= 0.3 is 17.8 Å². The molecule has 0 aliphatic carbocycles. The predicted molar refractivity (Wildman–Crippen MR) is 145 cm³/mol. The van der Waals surface area contributed by atoms with Crippen LogP contribution >= 0.6 is 0 Å². The number of nitrogens with zero attached hydrogens (tertiary/aromatic N) is 2. The number of aromatic nitrogens is 2. The quantitative estimate of drug-likeness (QED) is 0.152. The van der Waals surface area contributed by atoms with Crippen LogP contribution in [0, 0.1) is 0 Å². The van der Waals surface area contributed by atoms with E-state index in [9.17, 15) is 27.6 Å². The van der Waals surface area contributed by atoms with Gasteiger partial charge in [-0.25, -0.2) is 14.3 Å². The Kier molecular flexibility index (Phi) is 7.51. The van der Waals surface area contributed by atoms with Crippen molar-refractivity contribution in [3.63, 3.8) is 0 Å². The molecule has 206 valence electrons. The Morgan fingerprint density at radius 3 is 2.46 bits per heavy atom. The number of carbonyl (C=O) groups is 2. The number of hydrogen-bond donors (Lipinski definition) is 1. The maximum absolute atomic E-state index is 13.2. The molecule has 0 saturated heterocycles. The molecule has 5 aromatic rings. The van der Waals surface area contributed by atoms with Gasteiger partial charge in [-0.1, -0.05) is 48.5 Å². The maximum Gasteiger partial charge on any atom is 0.418 e. The summed E-state index contributed by atoms with van der Waals surface area (Å²) in [6.45, 7) is -0.820. The van der Waals surface area contributed by atoms with Crippen molar-refractivity contribution in [2.45, 2.75) is 6.18 Å². The molecule has 0 saturated carbocycles. The first-order valence-corrected chi connectivity index (χ1v) is 12.2. The largest absolute Gasteiger partial charge is 0.452 e. The highest BCUT2D eigenvalue weighted by Gasteiger charge is 2.33. The molecule has 3 aromatic carbocycles. The molecule has 2 aromatic heterocycles. The number of fused-ring (bicyclic) bond motifs is 1. The first kappa shape index (κ1) is 27.1. The van der Waals surface area contributed by atoms with Gasteiger partial charge in [0.15, 0.2) is 6.61 Å². The minimum absolute atomic E-state index is 0.161. The molecule has 0 spiro atoms. The molecule has 0 bridgehead atoms. The summed E-state index contributed by atoms with van der Waals surface area (Å²) in [5.41, 5.74) is -0.248. The number of rotatable bonds is 7. The zero-order valence-electron chi connectivity index (χ0n) is 21.1. The van der Waals surface area contributed by atoms with Crippen molar-refractivity contribution >= 4 is 34.6 Å². The SMILES string of the molecule is O=C(COC(=O)C=Cc1cn(-c2ccccc2)nc1-c1cc2ccccc2oc1=O)Nc1ccccc1C(F)(F)F. The molecule has 5 rings (SSSR count). The van der Waals surface area contributed by atoms with Crippen molar-refractivity contribution in [2.24, 2.45) is 0 Å². The molecule has 1 amide bonds. The van der Waals surface area contributed by atoms with E-state index in [0.29, 0.717) is 22.2 Å². The van der Waals surface area contributed by atoms with E-state index in [0.717, 1.165) is 18.2 Å². The third-order valence-corrected chi connectivity index (χ3v) is 5.91. The number of anilines is 1. The smallest absolute Gasteiger partial charge is 0.418 e. The first-order chi connectivity index (χ1) is 19.7. The summed E-state index contributed by atoms with van der Waals surface area (Å²) in [4.78, 5) is 37.4. The number of ether oxygens (including phenoxy) is 1. The van der Waals surface area contributed by atoms with Crippen LogP contribution in [-0.4, -0.2) is 28.3 Å². The fraction of sp³-hybridized carbons (Fsp3) is 0.0667. The van der Waals surface area contributed by atoms with Crippen LogP contribution in [0.3, 0.4) is 0 Å². The van der Waals surface area contributed by atoms with Crippen LogP contribution < -0.4 is 10.9 Å². The number of halogens is 3. The lowest BCUT2D eigenvalue weighted by Crippen LogP contribution is -2.22. The second kappa shape index (κ2) is 11.3. The summed E-state index contributed by atoms with van der Waals surface area (Å²) in [6, 6.07) is 22.1. The summed E-state index contributed by atoms with van der Waals surface area (Å²) >= 11 is 0. The van der Waals surface area contributed by atoms with E-state index >= 15 is 0 Å². The van der Waals surface area contributed by atoms with E-state index < -0.39 is 41.5 Å². The highest BCUT2D eigenvalue weighted by molar-refractivity contribution is 5.95. The molecule has 8 nitrogen and oxygen atoms in total. The van der Waals surface area contributed by atoms with E-state index in [4.69, 9.17) is 9.15 Å². The standard InChI is InChI=1S/C30H20F3N3O5/c31-30(32,33)23-11-5-6-12-24(23)34-26(37)18-40-27(38)15-14-20-17-36(21-9-2-1-3-10-21)35-28(20)22-16-19-8-4-7-13-25(19)41-29(22)39/h1-17H,18H2,(H,34,37). The Bertz CT molecular complexity index is 1830. The molecule has 0 unspecified atom stereocenters. The first-order valence-electron chi connectivity index (χ1n) is 12.2. The maximum atomic E-state index is 13.2. The molecule has 0 fully saturated rings. The molecule has 1 N–H and O–H groups in total. The van der Waals surface area contributed by atoms with E-state index in [1.807, 2.05) is 18.2 Å². The van der Waals surface area contributed by atoms with Crippen molar-refractivity contribution in [2.75, 3.05) is 11.9 Å². The van der Waals surface area contributed by atoms with Gasteiger partial charge in [-0.15, -0.1) is 0 Å². The molecule has 0 aliphatic heterocycles. The van der Waals surface area contributed by atoms with Gasteiger partial charge in [0.2, 0.25) is 0 Å². The Hall–Kier alpha value is -5.45. The van der Waals surface area contributed by atoms with Gasteiger partial charge in [-0.05, 0) is 42.5 Å². The number of nitrogens with one attached hydrogen (secondary N) is 1. The van der Waals surface area contributed by atoms with Gasteiger partial charge in [0.25, 0.3) is 5.91 Å². The summed E-state index contributed by atoms with van der Waals surface area (Å²) in [7, 11) is 0. The molecule has 11 heteroatoms. The van der Waals surface area contributed by atoms with Crippen LogP contribution in [-0.2, 0) is 20.5 Å². The molecule has 0 aliphatic rings. The Labute approximate surface area is 230 Å². The highest BCUT2D eigenvalue weighted by Crippen LogP contribution is 2.34. The fourth-order valence-electron chi connectivity index (χ4n) is 4.03. The van der Waals surface area contributed by atoms with Crippen LogP contribution in [0.2, 0.25) is 0 Å². The summed E-state index contributed by atoms with van der Waals surface area (Å²) in [6.07, 6.45) is -0.692. The van der Waals surface area contributed by atoms with Crippen LogP contribution in [0.4, 0.5) is 18.9 Å². The number of esters is 1. The van der Waals surface area contributed by atoms with Crippen molar-refractivity contribution in [1.82, 2.24) is 9.78 Å². The number of hydrogen-bond acceptors (Lipinski definition) is 6. The zero-order valence-corrected chi connectivity index (χ0v) is 21.1. The van der Waals surface area contributed by atoms with Crippen molar-refractivity contribution < 1.29 is 31.9 Å². The molecular formula is C30H20F3N3O5. The van der Waals surface area contributed by atoms with Crippen LogP contribution in [0.15, 0.2) is 106 Å². The van der Waals surface area contributed by atoms with Gasteiger partial charge in [0, 0.05) is 23.2 Å². The van der Waals surface area contributed by atoms with E-state index in [1.54, 1.807) is 48.7 Å². The number of amides is 1. The van der Waals surface area contributed by atoms with Crippen LogP contribution in [0.1, 0.15) is 11.1 Å². The van der Waals surface area contributed by atoms with E-state index in [1.165, 1.54) is 22.9 Å². The number of carbonyl (C=O) groups excluding carboxylic acids is 2.